The molecule has 148 valence electrons. The highest BCUT2D eigenvalue weighted by atomic mass is 35.5. The van der Waals surface area contributed by atoms with E-state index in [0.717, 1.165) is 25.7 Å². The summed E-state index contributed by atoms with van der Waals surface area (Å²) in [5, 5.41) is 21.8. The SMILES string of the molecule is O=C(O)C(CCCCl)CC1(C(=O)N[C@@H]2CCC[C@H](C(=O)O)C2)CCCC1. The first kappa shape index (κ1) is 21.0. The van der Waals surface area contributed by atoms with Crippen molar-refractivity contribution in [3.63, 3.8) is 0 Å². The fourth-order valence-corrected chi connectivity index (χ4v) is 4.72. The van der Waals surface area contributed by atoms with Crippen LogP contribution in [-0.2, 0) is 14.4 Å². The highest BCUT2D eigenvalue weighted by molar-refractivity contribution is 6.17. The lowest BCUT2D eigenvalue weighted by Crippen LogP contribution is -2.47. The molecule has 2 saturated carbocycles. The van der Waals surface area contributed by atoms with Gasteiger partial charge in [-0.15, -0.1) is 11.6 Å². The van der Waals surface area contributed by atoms with Crippen molar-refractivity contribution in [3.05, 3.63) is 0 Å². The molecule has 0 heterocycles. The van der Waals surface area contributed by atoms with Crippen molar-refractivity contribution in [2.75, 3.05) is 5.88 Å². The van der Waals surface area contributed by atoms with Crippen LogP contribution in [0.5, 0.6) is 0 Å². The Morgan fingerprint density at radius 2 is 1.81 bits per heavy atom. The van der Waals surface area contributed by atoms with Gasteiger partial charge >= 0.3 is 11.9 Å². The van der Waals surface area contributed by atoms with Crippen LogP contribution in [0.4, 0.5) is 0 Å². The number of rotatable bonds is 9. The molecule has 1 unspecified atom stereocenters. The summed E-state index contributed by atoms with van der Waals surface area (Å²) in [5.41, 5.74) is -0.633. The zero-order valence-corrected chi connectivity index (χ0v) is 16.0. The lowest BCUT2D eigenvalue weighted by Gasteiger charge is -2.34. The number of carboxylic acid groups (broad SMARTS) is 2. The van der Waals surface area contributed by atoms with Gasteiger partial charge in [0, 0.05) is 11.9 Å². The van der Waals surface area contributed by atoms with E-state index in [1.807, 2.05) is 0 Å². The Morgan fingerprint density at radius 3 is 2.38 bits per heavy atom. The van der Waals surface area contributed by atoms with Gasteiger partial charge in [-0.05, 0) is 51.4 Å². The molecule has 0 spiro atoms. The van der Waals surface area contributed by atoms with Gasteiger partial charge in [0.05, 0.1) is 17.3 Å². The maximum atomic E-state index is 13.1. The number of nitrogens with one attached hydrogen (secondary N) is 1. The molecular weight excluding hydrogens is 358 g/mol. The fraction of sp³-hybridized carbons (Fsp3) is 0.842. The van der Waals surface area contributed by atoms with Gasteiger partial charge in [0.25, 0.3) is 0 Å². The molecule has 2 rings (SSSR count). The summed E-state index contributed by atoms with van der Waals surface area (Å²) in [6.07, 6.45) is 7.44. The van der Waals surface area contributed by atoms with Crippen molar-refractivity contribution < 1.29 is 24.6 Å². The Balaban J connectivity index is 2.03. The highest BCUT2D eigenvalue weighted by Crippen LogP contribution is 2.44. The van der Waals surface area contributed by atoms with E-state index in [2.05, 4.69) is 5.32 Å². The normalized spacial score (nSPS) is 26.2. The first-order valence-electron chi connectivity index (χ1n) is 9.70. The van der Waals surface area contributed by atoms with Gasteiger partial charge in [0.1, 0.15) is 0 Å². The minimum absolute atomic E-state index is 0.0804. The van der Waals surface area contributed by atoms with Crippen LogP contribution in [0, 0.1) is 17.3 Å². The molecule has 2 fully saturated rings. The number of halogens is 1. The van der Waals surface area contributed by atoms with Crippen molar-refractivity contribution >= 4 is 29.4 Å². The molecule has 0 aromatic carbocycles. The molecule has 0 bridgehead atoms. The second-order valence-corrected chi connectivity index (χ2v) is 8.31. The number of carbonyl (C=O) groups excluding carboxylic acids is 1. The van der Waals surface area contributed by atoms with E-state index in [1.165, 1.54) is 0 Å². The average Bonchev–Trinajstić information content (AvgIpc) is 3.08. The third-order valence-corrected chi connectivity index (χ3v) is 6.34. The van der Waals surface area contributed by atoms with Gasteiger partial charge in [-0.3, -0.25) is 14.4 Å². The number of aliphatic carboxylic acids is 2. The number of hydrogen-bond donors (Lipinski definition) is 3. The van der Waals surface area contributed by atoms with E-state index in [9.17, 15) is 24.6 Å². The maximum Gasteiger partial charge on any atom is 0.306 e. The fourth-order valence-electron chi connectivity index (χ4n) is 4.57. The first-order chi connectivity index (χ1) is 12.4. The quantitative estimate of drug-likeness (QED) is 0.526. The van der Waals surface area contributed by atoms with Crippen molar-refractivity contribution in [1.82, 2.24) is 5.32 Å². The zero-order valence-electron chi connectivity index (χ0n) is 15.2. The second-order valence-electron chi connectivity index (χ2n) is 7.93. The molecule has 26 heavy (non-hydrogen) atoms. The summed E-state index contributed by atoms with van der Waals surface area (Å²) in [7, 11) is 0. The van der Waals surface area contributed by atoms with E-state index in [-0.39, 0.29) is 11.9 Å². The monoisotopic (exact) mass is 387 g/mol. The molecule has 0 aliphatic heterocycles. The van der Waals surface area contributed by atoms with E-state index < -0.39 is 29.2 Å². The summed E-state index contributed by atoms with van der Waals surface area (Å²) < 4.78 is 0. The van der Waals surface area contributed by atoms with Crippen molar-refractivity contribution in [2.24, 2.45) is 17.3 Å². The molecule has 3 atom stereocenters. The van der Waals surface area contributed by atoms with Gasteiger partial charge in [-0.1, -0.05) is 19.3 Å². The molecule has 3 N–H and O–H groups in total. The van der Waals surface area contributed by atoms with Crippen LogP contribution < -0.4 is 5.32 Å². The van der Waals surface area contributed by atoms with E-state index in [0.29, 0.717) is 50.8 Å². The van der Waals surface area contributed by atoms with Crippen LogP contribution in [0.15, 0.2) is 0 Å². The smallest absolute Gasteiger partial charge is 0.306 e. The lowest BCUT2D eigenvalue weighted by molar-refractivity contribution is -0.146. The zero-order chi connectivity index (χ0) is 19.2. The molecule has 6 nitrogen and oxygen atoms in total. The Bertz CT molecular complexity index is 518. The predicted molar refractivity (Wildman–Crippen MR) is 98.1 cm³/mol. The summed E-state index contributed by atoms with van der Waals surface area (Å²) in [6, 6.07) is -0.124. The Labute approximate surface area is 159 Å². The predicted octanol–water partition coefficient (Wildman–Crippen LogP) is 3.42. The number of carbonyl (C=O) groups is 3. The molecule has 7 heteroatoms. The number of alkyl halides is 1. The molecule has 0 aromatic heterocycles. The summed E-state index contributed by atoms with van der Waals surface area (Å²) >= 11 is 5.71. The minimum Gasteiger partial charge on any atom is -0.481 e. The summed E-state index contributed by atoms with van der Waals surface area (Å²) in [6.45, 7) is 0. The molecule has 1 amide bonds. The largest absolute Gasteiger partial charge is 0.481 e. The number of amides is 1. The van der Waals surface area contributed by atoms with Crippen LogP contribution in [0.1, 0.15) is 70.6 Å². The van der Waals surface area contributed by atoms with E-state index >= 15 is 0 Å². The Morgan fingerprint density at radius 1 is 1.12 bits per heavy atom. The Kier molecular flexibility index (Phi) is 7.74. The third kappa shape index (κ3) is 5.35. The van der Waals surface area contributed by atoms with Crippen molar-refractivity contribution in [1.29, 1.82) is 0 Å². The summed E-state index contributed by atoms with van der Waals surface area (Å²) in [5.74, 6) is -2.28. The molecule has 0 radical (unpaired) electrons. The van der Waals surface area contributed by atoms with Crippen LogP contribution >= 0.6 is 11.6 Å². The molecule has 2 aliphatic carbocycles. The first-order valence-corrected chi connectivity index (χ1v) is 10.2. The molecule has 0 aromatic rings. The van der Waals surface area contributed by atoms with Gasteiger partial charge < -0.3 is 15.5 Å². The molecule has 0 saturated heterocycles. The van der Waals surface area contributed by atoms with Crippen LogP contribution in [0.3, 0.4) is 0 Å². The Hall–Kier alpha value is -1.30. The standard InChI is InChI=1S/C19H30ClNO5/c20-10-4-6-14(17(24)25)12-19(8-1-2-9-19)18(26)21-15-7-3-5-13(11-15)16(22)23/h13-15H,1-12H2,(H,21,26)(H,22,23)(H,24,25)/t13-,14?,15+/m0/s1. The number of hydrogen-bond acceptors (Lipinski definition) is 3. The molecule has 2 aliphatic rings. The minimum atomic E-state index is -0.863. The van der Waals surface area contributed by atoms with Crippen LogP contribution in [0.2, 0.25) is 0 Å². The second kappa shape index (κ2) is 9.58. The third-order valence-electron chi connectivity index (χ3n) is 6.07. The topological polar surface area (TPSA) is 104 Å². The van der Waals surface area contributed by atoms with Crippen molar-refractivity contribution in [2.45, 2.75) is 76.7 Å². The van der Waals surface area contributed by atoms with Gasteiger partial charge in [0.15, 0.2) is 0 Å². The van der Waals surface area contributed by atoms with E-state index in [4.69, 9.17) is 11.6 Å². The van der Waals surface area contributed by atoms with Crippen molar-refractivity contribution in [3.8, 4) is 0 Å². The highest BCUT2D eigenvalue weighted by Gasteiger charge is 2.44. The van der Waals surface area contributed by atoms with Gasteiger partial charge in [0.2, 0.25) is 5.91 Å². The number of carboxylic acids is 2. The molecular formula is C19H30ClNO5. The average molecular weight is 388 g/mol. The summed E-state index contributed by atoms with van der Waals surface area (Å²) in [4.78, 5) is 35.9. The van der Waals surface area contributed by atoms with Crippen LogP contribution in [-0.4, -0.2) is 40.0 Å². The van der Waals surface area contributed by atoms with Crippen LogP contribution in [0.25, 0.3) is 0 Å². The maximum absolute atomic E-state index is 13.1. The van der Waals surface area contributed by atoms with E-state index in [1.54, 1.807) is 0 Å². The van der Waals surface area contributed by atoms with Gasteiger partial charge in [-0.25, -0.2) is 0 Å². The lowest BCUT2D eigenvalue weighted by atomic mass is 9.75. The van der Waals surface area contributed by atoms with Gasteiger partial charge in [-0.2, -0.15) is 0 Å².